The van der Waals surface area contributed by atoms with Crippen LogP contribution in [0.3, 0.4) is 0 Å². The summed E-state index contributed by atoms with van der Waals surface area (Å²) in [5, 5.41) is 0. The quantitative estimate of drug-likeness (QED) is 0.648. The zero-order chi connectivity index (χ0) is 20.8. The highest BCUT2D eigenvalue weighted by molar-refractivity contribution is 5.98. The maximum absolute atomic E-state index is 13.5. The van der Waals surface area contributed by atoms with E-state index in [1.165, 1.54) is 18.4 Å². The van der Waals surface area contributed by atoms with E-state index in [0.717, 1.165) is 28.8 Å². The third-order valence-corrected chi connectivity index (χ3v) is 6.35. The van der Waals surface area contributed by atoms with E-state index in [0.29, 0.717) is 42.7 Å². The molecule has 5 rings (SSSR count). The smallest absolute Gasteiger partial charge is 0.270 e. The van der Waals surface area contributed by atoms with Gasteiger partial charge in [0.25, 0.3) is 5.91 Å². The summed E-state index contributed by atoms with van der Waals surface area (Å²) in [5.74, 6) is 1.10. The van der Waals surface area contributed by atoms with E-state index in [-0.39, 0.29) is 11.9 Å². The second-order valence-corrected chi connectivity index (χ2v) is 8.44. The van der Waals surface area contributed by atoms with Crippen molar-refractivity contribution in [2.24, 2.45) is 0 Å². The molecule has 0 unspecified atom stereocenters. The van der Waals surface area contributed by atoms with Crippen LogP contribution in [0.4, 0.5) is 5.82 Å². The number of aromatic nitrogens is 3. The number of nitrogen functional groups attached to an aromatic ring is 1. The van der Waals surface area contributed by atoms with Crippen LogP contribution in [0, 0.1) is 0 Å². The highest BCUT2D eigenvalue weighted by atomic mass is 16.5. The normalized spacial score (nSPS) is 16.6. The van der Waals surface area contributed by atoms with E-state index >= 15 is 0 Å². The lowest BCUT2D eigenvalue weighted by molar-refractivity contribution is 0.0663. The summed E-state index contributed by atoms with van der Waals surface area (Å²) in [6.45, 7) is 5.59. The van der Waals surface area contributed by atoms with Gasteiger partial charge in [-0.2, -0.15) is 0 Å². The monoisotopic (exact) mass is 405 g/mol. The van der Waals surface area contributed by atoms with Crippen LogP contribution in [0.5, 0.6) is 0 Å². The Bertz CT molecular complexity index is 1100. The van der Waals surface area contributed by atoms with Gasteiger partial charge >= 0.3 is 0 Å². The molecule has 0 aromatic carbocycles. The van der Waals surface area contributed by atoms with Crippen molar-refractivity contribution in [2.75, 3.05) is 5.73 Å². The number of amides is 1. The first-order valence-electron chi connectivity index (χ1n) is 10.7. The van der Waals surface area contributed by atoms with E-state index in [1.54, 1.807) is 6.07 Å². The molecule has 1 saturated carbocycles. The molecule has 1 aliphatic heterocycles. The van der Waals surface area contributed by atoms with Crippen LogP contribution >= 0.6 is 0 Å². The minimum atomic E-state index is -0.0540. The third kappa shape index (κ3) is 3.33. The second-order valence-electron chi connectivity index (χ2n) is 8.44. The van der Waals surface area contributed by atoms with Crippen LogP contribution in [-0.2, 0) is 24.5 Å². The molecule has 156 valence electrons. The Labute approximate surface area is 175 Å². The fourth-order valence-electron chi connectivity index (χ4n) is 4.12. The predicted octanol–water partition coefficient (Wildman–Crippen LogP) is 3.89. The summed E-state index contributed by atoms with van der Waals surface area (Å²) in [4.78, 5) is 27.7. The van der Waals surface area contributed by atoms with E-state index in [9.17, 15) is 4.79 Å². The van der Waals surface area contributed by atoms with E-state index < -0.39 is 0 Å². The van der Waals surface area contributed by atoms with Crippen LogP contribution in [-0.4, -0.2) is 31.8 Å². The van der Waals surface area contributed by atoms with Gasteiger partial charge in [0, 0.05) is 23.4 Å². The van der Waals surface area contributed by atoms with Crippen molar-refractivity contribution in [1.82, 2.24) is 19.9 Å². The first-order chi connectivity index (χ1) is 14.5. The van der Waals surface area contributed by atoms with Crippen molar-refractivity contribution < 1.29 is 9.53 Å². The van der Waals surface area contributed by atoms with E-state index in [2.05, 4.69) is 34.9 Å². The molecule has 0 radical (unpaired) electrons. The van der Waals surface area contributed by atoms with Crippen molar-refractivity contribution in [1.29, 1.82) is 0 Å². The van der Waals surface area contributed by atoms with Gasteiger partial charge in [0.2, 0.25) is 0 Å². The number of nitrogens with zero attached hydrogens (tertiary/aromatic N) is 3. The maximum atomic E-state index is 13.5. The van der Waals surface area contributed by atoms with Crippen molar-refractivity contribution >= 4 is 22.8 Å². The molecule has 3 aromatic heterocycles. The third-order valence-electron chi connectivity index (χ3n) is 6.35. The summed E-state index contributed by atoms with van der Waals surface area (Å²) in [6, 6.07) is 6.08. The zero-order valence-electron chi connectivity index (χ0n) is 17.4. The molecule has 1 amide bonds. The number of carbonyl (C=O) groups is 1. The molecule has 7 heteroatoms. The Balaban J connectivity index is 1.45. The van der Waals surface area contributed by atoms with Crippen LogP contribution in [0.2, 0.25) is 0 Å². The number of hydrogen-bond acceptors (Lipinski definition) is 5. The zero-order valence-corrected chi connectivity index (χ0v) is 17.4. The molecule has 3 aromatic rings. The lowest BCUT2D eigenvalue weighted by Gasteiger charge is -2.28. The molecule has 30 heavy (non-hydrogen) atoms. The highest BCUT2D eigenvalue weighted by Crippen LogP contribution is 2.39. The molecular weight excluding hydrogens is 378 g/mol. The number of nitrogens with one attached hydrogen (secondary N) is 1. The van der Waals surface area contributed by atoms with Crippen molar-refractivity contribution in [2.45, 2.75) is 64.8 Å². The molecule has 3 N–H and O–H groups in total. The molecule has 1 fully saturated rings. The van der Waals surface area contributed by atoms with Gasteiger partial charge in [0.05, 0.1) is 36.5 Å². The van der Waals surface area contributed by atoms with Gasteiger partial charge in [-0.3, -0.25) is 9.78 Å². The summed E-state index contributed by atoms with van der Waals surface area (Å²) in [5.41, 5.74) is 12.3. The fraction of sp³-hybridized carbons (Fsp3) is 0.435. The van der Waals surface area contributed by atoms with Gasteiger partial charge in [-0.25, -0.2) is 4.98 Å². The topological polar surface area (TPSA) is 97.1 Å². The number of H-pyrrole nitrogens is 1. The number of carbonyl (C=O) groups excluding carboxylic acids is 1. The predicted molar refractivity (Wildman–Crippen MR) is 115 cm³/mol. The maximum Gasteiger partial charge on any atom is 0.270 e. The molecule has 1 atom stereocenters. The summed E-state index contributed by atoms with van der Waals surface area (Å²) < 4.78 is 5.54. The van der Waals surface area contributed by atoms with Crippen LogP contribution in [0.25, 0.3) is 11.0 Å². The fourth-order valence-corrected chi connectivity index (χ4v) is 4.12. The van der Waals surface area contributed by atoms with E-state index in [1.807, 2.05) is 17.2 Å². The second kappa shape index (κ2) is 7.40. The standard InChI is InChI=1S/C23H27N5O2/c1-3-13(2)28(10-16-7-6-15(9-25-16)14-4-5-14)23(29)20-8-19-21(26-20)17-11-30-12-18(17)22(24)27-19/h6-9,13-14,26H,3-5,10-12H2,1-2H3,(H2,24,27)/t13-/m1/s1. The van der Waals surface area contributed by atoms with Crippen LogP contribution in [0.1, 0.15) is 71.9 Å². The van der Waals surface area contributed by atoms with Crippen molar-refractivity contribution in [3.05, 3.63) is 52.5 Å². The van der Waals surface area contributed by atoms with Crippen molar-refractivity contribution in [3.8, 4) is 0 Å². The Morgan fingerprint density at radius 2 is 2.13 bits per heavy atom. The lowest BCUT2D eigenvalue weighted by atomic mass is 10.1. The molecule has 0 spiro atoms. The lowest BCUT2D eigenvalue weighted by Crippen LogP contribution is -2.38. The van der Waals surface area contributed by atoms with E-state index in [4.69, 9.17) is 10.5 Å². The Morgan fingerprint density at radius 1 is 1.33 bits per heavy atom. The molecule has 0 bridgehead atoms. The summed E-state index contributed by atoms with van der Waals surface area (Å²) in [6.07, 6.45) is 5.34. The molecule has 1 aliphatic carbocycles. The number of pyridine rings is 2. The Kier molecular flexibility index (Phi) is 4.70. The van der Waals surface area contributed by atoms with Crippen molar-refractivity contribution in [3.63, 3.8) is 0 Å². The first-order valence-corrected chi connectivity index (χ1v) is 10.7. The molecule has 0 saturated heterocycles. The Hall–Kier alpha value is -2.93. The van der Waals surface area contributed by atoms with Gasteiger partial charge < -0.3 is 20.4 Å². The number of hydrogen-bond donors (Lipinski definition) is 2. The number of rotatable bonds is 6. The SMILES string of the molecule is CC[C@@H](C)N(Cc1ccc(C2CC2)cn1)C(=O)c1cc2nc(N)c3c(c2[nH]1)COC3. The number of aromatic amines is 1. The van der Waals surface area contributed by atoms with Gasteiger partial charge in [0.1, 0.15) is 11.5 Å². The van der Waals surface area contributed by atoms with Crippen LogP contribution < -0.4 is 5.73 Å². The largest absolute Gasteiger partial charge is 0.383 e. The number of fused-ring (bicyclic) bond motifs is 3. The molecule has 2 aliphatic rings. The van der Waals surface area contributed by atoms with Gasteiger partial charge in [-0.05, 0) is 49.8 Å². The molecular formula is C23H27N5O2. The Morgan fingerprint density at radius 3 is 2.83 bits per heavy atom. The summed E-state index contributed by atoms with van der Waals surface area (Å²) in [7, 11) is 0. The van der Waals surface area contributed by atoms with Gasteiger partial charge in [-0.1, -0.05) is 13.0 Å². The molecule has 7 nitrogen and oxygen atoms in total. The average molecular weight is 406 g/mol. The number of nitrogens with two attached hydrogens (primary N) is 1. The number of anilines is 1. The van der Waals surface area contributed by atoms with Crippen LogP contribution in [0.15, 0.2) is 24.4 Å². The van der Waals surface area contributed by atoms with Gasteiger partial charge in [-0.15, -0.1) is 0 Å². The summed E-state index contributed by atoms with van der Waals surface area (Å²) >= 11 is 0. The first kappa shape index (κ1) is 19.1. The van der Waals surface area contributed by atoms with Gasteiger partial charge in [0.15, 0.2) is 0 Å². The number of ether oxygens (including phenoxy) is 1. The highest BCUT2D eigenvalue weighted by Gasteiger charge is 2.27. The average Bonchev–Trinajstić information content (AvgIpc) is 3.32. The minimum absolute atomic E-state index is 0.0540. The molecule has 4 heterocycles. The minimum Gasteiger partial charge on any atom is -0.383 e.